The van der Waals surface area contributed by atoms with Crippen LogP contribution in [0.4, 0.5) is 0 Å². The molecule has 0 heterocycles. The maximum absolute atomic E-state index is 12.2. The van der Waals surface area contributed by atoms with Gasteiger partial charge in [0.2, 0.25) is 0 Å². The van der Waals surface area contributed by atoms with Crippen molar-refractivity contribution in [2.45, 2.75) is 0 Å². The Balaban J connectivity index is 1.56. The average molecular weight is 439 g/mol. The molecule has 8 heteroatoms. The van der Waals surface area contributed by atoms with Crippen molar-refractivity contribution in [2.24, 2.45) is 10.2 Å². The lowest BCUT2D eigenvalue weighted by atomic mass is 10.1. The number of hydrazone groups is 2. The molecule has 0 radical (unpaired) electrons. The van der Waals surface area contributed by atoms with E-state index in [2.05, 4.69) is 21.1 Å². The number of hydrogen-bond donors (Lipinski definition) is 2. The van der Waals surface area contributed by atoms with Crippen LogP contribution in [-0.4, -0.2) is 24.2 Å². The highest BCUT2D eigenvalue weighted by Crippen LogP contribution is 2.13. The molecule has 0 fully saturated rings. The van der Waals surface area contributed by atoms with Crippen molar-refractivity contribution >= 4 is 47.4 Å². The highest BCUT2D eigenvalue weighted by atomic mass is 35.5. The molecule has 2 amide bonds. The third-order valence-electron chi connectivity index (χ3n) is 3.96. The Hall–Kier alpha value is -3.48. The fourth-order valence-electron chi connectivity index (χ4n) is 2.38. The lowest BCUT2D eigenvalue weighted by Gasteiger charge is -2.03. The molecule has 0 aliphatic heterocycles. The van der Waals surface area contributed by atoms with Gasteiger partial charge in [-0.3, -0.25) is 9.59 Å². The zero-order valence-corrected chi connectivity index (χ0v) is 17.1. The van der Waals surface area contributed by atoms with E-state index in [4.69, 9.17) is 23.2 Å². The first kappa shape index (κ1) is 21.2. The van der Waals surface area contributed by atoms with Crippen molar-refractivity contribution in [2.75, 3.05) is 0 Å². The van der Waals surface area contributed by atoms with Crippen LogP contribution in [0.1, 0.15) is 31.8 Å². The summed E-state index contributed by atoms with van der Waals surface area (Å²) in [5.74, 6) is -0.830. The summed E-state index contributed by atoms with van der Waals surface area (Å²) in [6.45, 7) is 0. The Labute approximate surface area is 183 Å². The zero-order chi connectivity index (χ0) is 21.3. The van der Waals surface area contributed by atoms with E-state index in [1.165, 1.54) is 36.7 Å². The minimum Gasteiger partial charge on any atom is -0.267 e. The summed E-state index contributed by atoms with van der Waals surface area (Å²) < 4.78 is 0. The van der Waals surface area contributed by atoms with E-state index in [0.717, 1.165) is 0 Å². The minimum atomic E-state index is -0.415. The van der Waals surface area contributed by atoms with Crippen molar-refractivity contribution in [3.05, 3.63) is 105 Å². The van der Waals surface area contributed by atoms with Crippen LogP contribution in [0.5, 0.6) is 0 Å². The molecular formula is C22H16Cl2N4O2. The summed E-state index contributed by atoms with van der Waals surface area (Å²) in [6, 6.07) is 20.3. The standard InChI is InChI=1S/C22H16Cl2N4O2/c23-19-7-3-1-5-17(19)13-25-27-21(29)15-9-11-16(12-10-15)22(30)28-26-14-18-6-2-4-8-20(18)24/h1-14H,(H,27,29)(H,28,30)/b25-13-,26-14-. The predicted octanol–water partition coefficient (Wildman–Crippen LogP) is 4.52. The maximum Gasteiger partial charge on any atom is 0.271 e. The smallest absolute Gasteiger partial charge is 0.267 e. The van der Waals surface area contributed by atoms with Gasteiger partial charge in [0.1, 0.15) is 0 Å². The number of carbonyl (C=O) groups excluding carboxylic acids is 2. The molecule has 6 nitrogen and oxygen atoms in total. The van der Waals surface area contributed by atoms with Gasteiger partial charge in [0.05, 0.1) is 12.4 Å². The number of amides is 2. The summed E-state index contributed by atoms with van der Waals surface area (Å²) in [7, 11) is 0. The first-order valence-corrected chi connectivity index (χ1v) is 9.56. The largest absolute Gasteiger partial charge is 0.271 e. The van der Waals surface area contributed by atoms with Gasteiger partial charge in [0.25, 0.3) is 11.8 Å². The SMILES string of the molecule is O=C(N/N=C\c1ccccc1Cl)c1ccc(C(=O)N/N=C\c2ccccc2Cl)cc1. The van der Waals surface area contributed by atoms with Crippen molar-refractivity contribution in [3.8, 4) is 0 Å². The van der Waals surface area contributed by atoms with Gasteiger partial charge < -0.3 is 0 Å². The highest BCUT2D eigenvalue weighted by Gasteiger charge is 2.08. The van der Waals surface area contributed by atoms with Crippen molar-refractivity contribution in [1.82, 2.24) is 10.9 Å². The fourth-order valence-corrected chi connectivity index (χ4v) is 2.75. The maximum atomic E-state index is 12.2. The molecule has 0 atom stereocenters. The summed E-state index contributed by atoms with van der Waals surface area (Å²) in [6.07, 6.45) is 2.91. The molecular weight excluding hydrogens is 423 g/mol. The zero-order valence-electron chi connectivity index (χ0n) is 15.5. The van der Waals surface area contributed by atoms with Crippen LogP contribution >= 0.6 is 23.2 Å². The molecule has 3 rings (SSSR count). The third-order valence-corrected chi connectivity index (χ3v) is 4.65. The number of hydrogen-bond acceptors (Lipinski definition) is 4. The Morgan fingerprint density at radius 2 is 1.00 bits per heavy atom. The summed E-state index contributed by atoms with van der Waals surface area (Å²) in [4.78, 5) is 24.3. The molecule has 3 aromatic carbocycles. The van der Waals surface area contributed by atoms with Gasteiger partial charge in [-0.15, -0.1) is 0 Å². The van der Waals surface area contributed by atoms with Gasteiger partial charge in [0.15, 0.2) is 0 Å². The Morgan fingerprint density at radius 1 is 0.633 bits per heavy atom. The lowest BCUT2D eigenvalue weighted by molar-refractivity contribution is 0.0943. The van der Waals surface area contributed by atoms with Crippen LogP contribution in [0.2, 0.25) is 10.0 Å². The van der Waals surface area contributed by atoms with E-state index in [1.54, 1.807) is 36.4 Å². The molecule has 0 saturated heterocycles. The van der Waals surface area contributed by atoms with Gasteiger partial charge in [-0.05, 0) is 36.4 Å². The molecule has 0 spiro atoms. The molecule has 0 aliphatic rings. The number of benzene rings is 3. The molecule has 0 unspecified atom stereocenters. The van der Waals surface area contributed by atoms with Crippen molar-refractivity contribution in [3.63, 3.8) is 0 Å². The van der Waals surface area contributed by atoms with E-state index < -0.39 is 11.8 Å². The second-order valence-electron chi connectivity index (χ2n) is 6.02. The van der Waals surface area contributed by atoms with Gasteiger partial charge in [-0.25, -0.2) is 10.9 Å². The topological polar surface area (TPSA) is 82.9 Å². The van der Waals surface area contributed by atoms with Gasteiger partial charge in [0, 0.05) is 32.3 Å². The van der Waals surface area contributed by atoms with Crippen LogP contribution in [-0.2, 0) is 0 Å². The number of nitrogens with one attached hydrogen (secondary N) is 2. The Bertz CT molecular complexity index is 1020. The van der Waals surface area contributed by atoms with E-state index in [9.17, 15) is 9.59 Å². The van der Waals surface area contributed by atoms with Crippen LogP contribution in [0.15, 0.2) is 83.0 Å². The van der Waals surface area contributed by atoms with E-state index >= 15 is 0 Å². The first-order valence-electron chi connectivity index (χ1n) is 8.80. The van der Waals surface area contributed by atoms with E-state index in [-0.39, 0.29) is 0 Å². The fraction of sp³-hybridized carbons (Fsp3) is 0. The number of halogens is 2. The molecule has 3 aromatic rings. The quantitative estimate of drug-likeness (QED) is 0.437. The van der Waals surface area contributed by atoms with Gasteiger partial charge in [-0.2, -0.15) is 10.2 Å². The van der Waals surface area contributed by atoms with Crippen molar-refractivity contribution in [1.29, 1.82) is 0 Å². The molecule has 0 aliphatic carbocycles. The van der Waals surface area contributed by atoms with E-state index in [1.807, 2.05) is 12.1 Å². The normalized spacial score (nSPS) is 11.0. The molecule has 0 aromatic heterocycles. The van der Waals surface area contributed by atoms with Crippen LogP contribution in [0, 0.1) is 0 Å². The van der Waals surface area contributed by atoms with Crippen molar-refractivity contribution < 1.29 is 9.59 Å². The molecule has 150 valence electrons. The number of rotatable bonds is 6. The molecule has 0 saturated carbocycles. The van der Waals surface area contributed by atoms with Crippen LogP contribution in [0.25, 0.3) is 0 Å². The number of nitrogens with zero attached hydrogens (tertiary/aromatic N) is 2. The molecule has 0 bridgehead atoms. The Kier molecular flexibility index (Phi) is 7.32. The average Bonchev–Trinajstić information content (AvgIpc) is 2.76. The Morgan fingerprint density at radius 3 is 1.37 bits per heavy atom. The summed E-state index contributed by atoms with van der Waals surface area (Å²) >= 11 is 12.0. The second kappa shape index (κ2) is 10.3. The summed E-state index contributed by atoms with van der Waals surface area (Å²) in [5.41, 5.74) is 6.90. The van der Waals surface area contributed by atoms with Gasteiger partial charge >= 0.3 is 0 Å². The highest BCUT2D eigenvalue weighted by molar-refractivity contribution is 6.33. The van der Waals surface area contributed by atoms with E-state index in [0.29, 0.717) is 32.3 Å². The van der Waals surface area contributed by atoms with Crippen LogP contribution in [0.3, 0.4) is 0 Å². The monoisotopic (exact) mass is 438 g/mol. The molecule has 2 N–H and O–H groups in total. The van der Waals surface area contributed by atoms with Gasteiger partial charge in [-0.1, -0.05) is 59.6 Å². The minimum absolute atomic E-state index is 0.349. The second-order valence-corrected chi connectivity index (χ2v) is 6.83. The molecule has 30 heavy (non-hydrogen) atoms. The predicted molar refractivity (Wildman–Crippen MR) is 119 cm³/mol. The van der Waals surface area contributed by atoms with Crippen LogP contribution < -0.4 is 10.9 Å². The lowest BCUT2D eigenvalue weighted by Crippen LogP contribution is -2.19. The third kappa shape index (κ3) is 5.76. The first-order chi connectivity index (χ1) is 14.5. The summed E-state index contributed by atoms with van der Waals surface area (Å²) in [5, 5.41) is 8.85. The number of carbonyl (C=O) groups is 2.